The lowest BCUT2D eigenvalue weighted by molar-refractivity contribution is -0.116. The summed E-state index contributed by atoms with van der Waals surface area (Å²) >= 11 is 11.7. The van der Waals surface area contributed by atoms with Crippen LogP contribution < -0.4 is 5.32 Å². The highest BCUT2D eigenvalue weighted by Crippen LogP contribution is 2.34. The van der Waals surface area contributed by atoms with E-state index in [9.17, 15) is 13.2 Å². The predicted octanol–water partition coefficient (Wildman–Crippen LogP) is 3.66. The molecule has 0 saturated heterocycles. The van der Waals surface area contributed by atoms with Gasteiger partial charge in [0, 0.05) is 17.1 Å². The summed E-state index contributed by atoms with van der Waals surface area (Å²) in [7, 11) is 1.27. The molecular weight excluding hydrogens is 321 g/mol. The largest absolute Gasteiger partial charge is 0.324 e. The maximum Gasteiger partial charge on any atom is 0.261 e. The molecule has 0 bridgehead atoms. The van der Waals surface area contributed by atoms with Gasteiger partial charge in [0.15, 0.2) is 0 Å². The fourth-order valence-corrected chi connectivity index (χ4v) is 2.73. The molecule has 0 aromatic heterocycles. The van der Waals surface area contributed by atoms with Crippen LogP contribution in [-0.2, 0) is 13.8 Å². The van der Waals surface area contributed by atoms with E-state index < -0.39 is 9.05 Å². The average Bonchev–Trinajstić information content (AvgIpc) is 2.22. The third-order valence-electron chi connectivity index (χ3n) is 2.04. The molecule has 1 rings (SSSR count). The van der Waals surface area contributed by atoms with Gasteiger partial charge < -0.3 is 5.32 Å². The summed E-state index contributed by atoms with van der Waals surface area (Å²) < 4.78 is 22.3. The van der Waals surface area contributed by atoms with Gasteiger partial charge in [-0.2, -0.15) is 0 Å². The molecular formula is C10H10Cl3NO3S. The van der Waals surface area contributed by atoms with E-state index in [0.717, 1.165) is 12.1 Å². The number of amides is 1. The molecule has 4 nitrogen and oxygen atoms in total. The molecule has 0 radical (unpaired) electrons. The van der Waals surface area contributed by atoms with Crippen molar-refractivity contribution in [1.82, 2.24) is 0 Å². The van der Waals surface area contributed by atoms with E-state index in [-0.39, 0.29) is 26.5 Å². The second-order valence-electron chi connectivity index (χ2n) is 3.50. The molecule has 1 N–H and O–H groups in total. The molecule has 0 aliphatic carbocycles. The lowest BCUT2D eigenvalue weighted by atomic mass is 10.3. The van der Waals surface area contributed by atoms with Crippen molar-refractivity contribution in [3.05, 3.63) is 22.2 Å². The molecule has 1 aromatic carbocycles. The van der Waals surface area contributed by atoms with Gasteiger partial charge in [0.05, 0.1) is 20.6 Å². The quantitative estimate of drug-likeness (QED) is 0.857. The lowest BCUT2D eigenvalue weighted by Crippen LogP contribution is -2.11. The normalized spacial score (nSPS) is 11.3. The van der Waals surface area contributed by atoms with Gasteiger partial charge in [-0.15, -0.1) is 0 Å². The zero-order valence-corrected chi connectivity index (χ0v) is 12.4. The van der Waals surface area contributed by atoms with E-state index in [2.05, 4.69) is 5.32 Å². The smallest absolute Gasteiger partial charge is 0.261 e. The molecule has 0 heterocycles. The van der Waals surface area contributed by atoms with E-state index >= 15 is 0 Å². The summed E-state index contributed by atoms with van der Waals surface area (Å²) in [5, 5.41) is 2.56. The molecule has 18 heavy (non-hydrogen) atoms. The van der Waals surface area contributed by atoms with Gasteiger partial charge in [-0.3, -0.25) is 4.79 Å². The van der Waals surface area contributed by atoms with Crippen molar-refractivity contribution in [1.29, 1.82) is 0 Å². The van der Waals surface area contributed by atoms with Crippen LogP contribution in [0.25, 0.3) is 0 Å². The van der Waals surface area contributed by atoms with Crippen molar-refractivity contribution in [3.63, 3.8) is 0 Å². The van der Waals surface area contributed by atoms with Gasteiger partial charge in [-0.25, -0.2) is 8.42 Å². The Hall–Kier alpha value is -0.490. The van der Waals surface area contributed by atoms with Crippen LogP contribution in [0.15, 0.2) is 17.0 Å². The van der Waals surface area contributed by atoms with E-state index in [0.29, 0.717) is 12.8 Å². The van der Waals surface area contributed by atoms with E-state index in [1.54, 1.807) is 0 Å². The van der Waals surface area contributed by atoms with E-state index in [4.69, 9.17) is 33.9 Å². The minimum Gasteiger partial charge on any atom is -0.324 e. The summed E-state index contributed by atoms with van der Waals surface area (Å²) in [6.07, 6.45) is 0.997. The summed E-state index contributed by atoms with van der Waals surface area (Å²) in [4.78, 5) is 11.2. The van der Waals surface area contributed by atoms with Crippen LogP contribution in [0.3, 0.4) is 0 Å². The minimum atomic E-state index is -3.91. The van der Waals surface area contributed by atoms with Crippen molar-refractivity contribution in [2.24, 2.45) is 0 Å². The summed E-state index contributed by atoms with van der Waals surface area (Å²) in [5.74, 6) is -0.247. The van der Waals surface area contributed by atoms with Crippen molar-refractivity contribution >= 4 is 54.5 Å². The maximum atomic E-state index is 11.4. The number of rotatable bonds is 4. The van der Waals surface area contributed by atoms with Crippen molar-refractivity contribution < 1.29 is 13.2 Å². The number of anilines is 1. The number of hydrogen-bond donors (Lipinski definition) is 1. The van der Waals surface area contributed by atoms with Gasteiger partial charge in [0.1, 0.15) is 0 Å². The number of nitrogens with one attached hydrogen (secondary N) is 1. The zero-order valence-electron chi connectivity index (χ0n) is 9.34. The highest BCUT2D eigenvalue weighted by Gasteiger charge is 2.17. The third kappa shape index (κ3) is 4.02. The van der Waals surface area contributed by atoms with Gasteiger partial charge in [-0.1, -0.05) is 30.1 Å². The van der Waals surface area contributed by atoms with Crippen LogP contribution in [0.1, 0.15) is 19.8 Å². The van der Waals surface area contributed by atoms with E-state index in [1.807, 2.05) is 6.92 Å². The molecule has 8 heteroatoms. The second-order valence-corrected chi connectivity index (χ2v) is 6.88. The molecule has 1 aromatic rings. The molecule has 0 unspecified atom stereocenters. The first-order chi connectivity index (χ1) is 8.25. The summed E-state index contributed by atoms with van der Waals surface area (Å²) in [6, 6.07) is 2.27. The van der Waals surface area contributed by atoms with Gasteiger partial charge >= 0.3 is 0 Å². The predicted molar refractivity (Wildman–Crippen MR) is 73.0 cm³/mol. The zero-order chi connectivity index (χ0) is 13.9. The van der Waals surface area contributed by atoms with Crippen molar-refractivity contribution in [3.8, 4) is 0 Å². The average molecular weight is 331 g/mol. The van der Waals surface area contributed by atoms with Gasteiger partial charge in [0.2, 0.25) is 5.91 Å². The number of hydrogen-bond acceptors (Lipinski definition) is 3. The first-order valence-electron chi connectivity index (χ1n) is 4.99. The molecule has 0 fully saturated rings. The highest BCUT2D eigenvalue weighted by atomic mass is 35.7. The Balaban J connectivity index is 3.13. The third-order valence-corrected chi connectivity index (χ3v) is 3.97. The van der Waals surface area contributed by atoms with Crippen LogP contribution in [-0.4, -0.2) is 14.3 Å². The van der Waals surface area contributed by atoms with Crippen LogP contribution in [0.2, 0.25) is 10.0 Å². The van der Waals surface area contributed by atoms with Crippen LogP contribution in [0, 0.1) is 0 Å². The monoisotopic (exact) mass is 329 g/mol. The first-order valence-corrected chi connectivity index (χ1v) is 8.05. The molecule has 0 spiro atoms. The topological polar surface area (TPSA) is 63.2 Å². The molecule has 100 valence electrons. The second kappa shape index (κ2) is 6.10. The number of carbonyl (C=O) groups is 1. The molecule has 1 amide bonds. The number of benzene rings is 1. The highest BCUT2D eigenvalue weighted by molar-refractivity contribution is 8.13. The van der Waals surface area contributed by atoms with E-state index in [1.165, 1.54) is 0 Å². The standard InChI is InChI=1S/C10H10Cl3NO3S/c1-2-3-9(15)14-10-7(11)4-6(5-8(10)12)18(13,16)17/h4-5H,2-3H2,1H3,(H,14,15). The van der Waals surface area contributed by atoms with Crippen LogP contribution in [0.4, 0.5) is 5.69 Å². The van der Waals surface area contributed by atoms with Gasteiger partial charge in [-0.05, 0) is 18.6 Å². The maximum absolute atomic E-state index is 11.4. The Bertz CT molecular complexity index is 549. The van der Waals surface area contributed by atoms with Gasteiger partial charge in [0.25, 0.3) is 9.05 Å². The fraction of sp³-hybridized carbons (Fsp3) is 0.300. The Labute approximate surface area is 120 Å². The summed E-state index contributed by atoms with van der Waals surface area (Å²) in [5.41, 5.74) is 0.181. The van der Waals surface area contributed by atoms with Crippen molar-refractivity contribution in [2.75, 3.05) is 5.32 Å². The minimum absolute atomic E-state index is 0.0196. The Morgan fingerprint density at radius 2 is 1.78 bits per heavy atom. The Kier molecular flexibility index (Phi) is 5.28. The Morgan fingerprint density at radius 3 is 2.17 bits per heavy atom. The molecule has 0 aliphatic heterocycles. The number of halogens is 3. The summed E-state index contributed by atoms with van der Waals surface area (Å²) in [6.45, 7) is 1.85. The van der Waals surface area contributed by atoms with Crippen LogP contribution >= 0.6 is 33.9 Å². The Morgan fingerprint density at radius 1 is 1.28 bits per heavy atom. The number of carbonyl (C=O) groups excluding carboxylic acids is 1. The molecule has 0 aliphatic rings. The SMILES string of the molecule is CCCC(=O)Nc1c(Cl)cc(S(=O)(=O)Cl)cc1Cl. The first kappa shape index (κ1) is 15.6. The lowest BCUT2D eigenvalue weighted by Gasteiger charge is -2.10. The van der Waals surface area contributed by atoms with Crippen LogP contribution in [0.5, 0.6) is 0 Å². The molecule has 0 atom stereocenters. The molecule has 0 saturated carbocycles. The van der Waals surface area contributed by atoms with Crippen molar-refractivity contribution in [2.45, 2.75) is 24.7 Å². The fourth-order valence-electron chi connectivity index (χ4n) is 1.24.